The Morgan fingerprint density at radius 2 is 1.92 bits per heavy atom. The predicted octanol–water partition coefficient (Wildman–Crippen LogP) is 0.599. The molecule has 1 saturated carbocycles. The van der Waals surface area contributed by atoms with Crippen LogP contribution in [0, 0.1) is 0 Å². The predicted molar refractivity (Wildman–Crippen MR) is 94.3 cm³/mol. The van der Waals surface area contributed by atoms with Gasteiger partial charge >= 0.3 is 0 Å². The number of nitrogens with two attached hydrogens (primary N) is 1. The highest BCUT2D eigenvalue weighted by atomic mass is 16.7. The number of hydrogen-bond acceptors (Lipinski definition) is 6. The fourth-order valence-electron chi connectivity index (χ4n) is 3.77. The number of anilines is 1. The number of nitrogens with zero attached hydrogens (tertiary/aromatic N) is 5. The lowest BCUT2D eigenvalue weighted by molar-refractivity contribution is -0.160. The first-order valence-electron chi connectivity index (χ1n) is 9.13. The van der Waals surface area contributed by atoms with Gasteiger partial charge in [-0.3, -0.25) is 4.99 Å². The summed E-state index contributed by atoms with van der Waals surface area (Å²) in [5.74, 6) is 1.04. The molecule has 1 unspecified atom stereocenters. The van der Waals surface area contributed by atoms with Crippen LogP contribution in [0.25, 0.3) is 0 Å². The Morgan fingerprint density at radius 1 is 1.20 bits per heavy atom. The van der Waals surface area contributed by atoms with E-state index in [-0.39, 0.29) is 11.9 Å². The normalized spacial score (nSPS) is 26.6. The molecule has 3 heterocycles. The molecular weight excluding hydrogens is 320 g/mol. The molecule has 1 aromatic rings. The highest BCUT2D eigenvalue weighted by molar-refractivity contribution is 5.78. The van der Waals surface area contributed by atoms with Crippen LogP contribution in [0.5, 0.6) is 0 Å². The average Bonchev–Trinajstić information content (AvgIpc) is 3.30. The lowest BCUT2D eigenvalue weighted by Gasteiger charge is -2.35. The van der Waals surface area contributed by atoms with E-state index in [9.17, 15) is 0 Å². The zero-order chi connectivity index (χ0) is 17.1. The van der Waals surface area contributed by atoms with Gasteiger partial charge in [0.1, 0.15) is 6.10 Å². The molecule has 4 rings (SSSR count). The van der Waals surface area contributed by atoms with Crippen molar-refractivity contribution >= 4 is 11.9 Å². The van der Waals surface area contributed by atoms with Gasteiger partial charge in [-0.15, -0.1) is 0 Å². The maximum absolute atomic E-state index is 6.19. The molecule has 8 nitrogen and oxygen atoms in total. The number of hydrogen-bond donors (Lipinski definition) is 1. The maximum atomic E-state index is 6.19. The summed E-state index contributed by atoms with van der Waals surface area (Å²) in [5.41, 5.74) is 6.19. The Balaban J connectivity index is 1.26. The van der Waals surface area contributed by atoms with Crippen LogP contribution < -0.4 is 10.6 Å². The summed E-state index contributed by atoms with van der Waals surface area (Å²) in [6.45, 7) is 4.50. The third kappa shape index (κ3) is 3.69. The molecule has 2 saturated heterocycles. The SMILES string of the molecule is NC(=NCC1COC2(CCCC2)O1)N1CCN(c2ncccn2)CC1. The van der Waals surface area contributed by atoms with Crippen molar-refractivity contribution in [1.29, 1.82) is 0 Å². The second kappa shape index (κ2) is 7.13. The molecule has 0 bridgehead atoms. The van der Waals surface area contributed by atoms with E-state index in [0.717, 1.165) is 45.0 Å². The van der Waals surface area contributed by atoms with E-state index < -0.39 is 0 Å². The lowest BCUT2D eigenvalue weighted by Crippen LogP contribution is -2.51. The molecule has 25 heavy (non-hydrogen) atoms. The molecule has 8 heteroatoms. The minimum absolute atomic E-state index is 0.0238. The van der Waals surface area contributed by atoms with E-state index in [1.54, 1.807) is 12.4 Å². The molecule has 0 radical (unpaired) electrons. The van der Waals surface area contributed by atoms with Crippen molar-refractivity contribution in [2.24, 2.45) is 10.7 Å². The van der Waals surface area contributed by atoms with E-state index in [2.05, 4.69) is 24.8 Å². The fraction of sp³-hybridized carbons (Fsp3) is 0.706. The first-order chi connectivity index (χ1) is 12.2. The quantitative estimate of drug-likeness (QED) is 0.633. The van der Waals surface area contributed by atoms with Crippen molar-refractivity contribution < 1.29 is 9.47 Å². The molecule has 136 valence electrons. The summed E-state index contributed by atoms with van der Waals surface area (Å²) in [6, 6.07) is 1.83. The summed E-state index contributed by atoms with van der Waals surface area (Å²) in [5, 5.41) is 0. The van der Waals surface area contributed by atoms with E-state index >= 15 is 0 Å². The van der Waals surface area contributed by atoms with Crippen molar-refractivity contribution in [2.45, 2.75) is 37.6 Å². The minimum atomic E-state index is -0.323. The molecule has 3 fully saturated rings. The van der Waals surface area contributed by atoms with Gasteiger partial charge in [-0.05, 0) is 18.9 Å². The highest BCUT2D eigenvalue weighted by Gasteiger charge is 2.43. The lowest BCUT2D eigenvalue weighted by atomic mass is 10.2. The van der Waals surface area contributed by atoms with Crippen LogP contribution in [0.3, 0.4) is 0 Å². The first kappa shape index (κ1) is 16.5. The van der Waals surface area contributed by atoms with E-state index in [0.29, 0.717) is 19.1 Å². The Bertz CT molecular complexity index is 596. The topological polar surface area (TPSA) is 89.1 Å². The van der Waals surface area contributed by atoms with Gasteiger partial charge in [-0.1, -0.05) is 0 Å². The van der Waals surface area contributed by atoms with Crippen molar-refractivity contribution in [2.75, 3.05) is 44.2 Å². The van der Waals surface area contributed by atoms with Gasteiger partial charge in [0.15, 0.2) is 11.7 Å². The number of rotatable bonds is 3. The fourth-order valence-corrected chi connectivity index (χ4v) is 3.77. The third-order valence-electron chi connectivity index (χ3n) is 5.17. The molecule has 1 atom stereocenters. The zero-order valence-corrected chi connectivity index (χ0v) is 14.5. The van der Waals surface area contributed by atoms with E-state index in [1.807, 2.05) is 6.07 Å². The number of guanidine groups is 1. The molecule has 1 aliphatic carbocycles. The number of ether oxygens (including phenoxy) is 2. The van der Waals surface area contributed by atoms with E-state index in [1.165, 1.54) is 12.8 Å². The Kier molecular flexibility index (Phi) is 4.72. The Morgan fingerprint density at radius 3 is 2.64 bits per heavy atom. The molecule has 2 aliphatic heterocycles. The Labute approximate surface area is 148 Å². The monoisotopic (exact) mass is 346 g/mol. The molecule has 1 spiro atoms. The standard InChI is InChI=1S/C17H26N6O2/c18-15(21-12-14-13-24-17(25-14)4-1-2-5-17)22-8-10-23(11-9-22)16-19-6-3-7-20-16/h3,6-7,14H,1-2,4-5,8-13H2,(H2,18,21). The molecule has 0 amide bonds. The zero-order valence-electron chi connectivity index (χ0n) is 14.5. The van der Waals surface area contributed by atoms with Crippen LogP contribution in [-0.4, -0.2) is 72.0 Å². The number of piperazine rings is 1. The minimum Gasteiger partial charge on any atom is -0.370 e. The van der Waals surface area contributed by atoms with Crippen LogP contribution in [-0.2, 0) is 9.47 Å². The second-order valence-corrected chi connectivity index (χ2v) is 6.89. The van der Waals surface area contributed by atoms with Crippen molar-refractivity contribution in [1.82, 2.24) is 14.9 Å². The summed E-state index contributed by atoms with van der Waals surface area (Å²) in [6.07, 6.45) is 7.95. The molecule has 3 aliphatic rings. The number of aromatic nitrogens is 2. The van der Waals surface area contributed by atoms with Gasteiger partial charge in [-0.25, -0.2) is 9.97 Å². The highest BCUT2D eigenvalue weighted by Crippen LogP contribution is 2.39. The number of aliphatic imine (C=N–C) groups is 1. The van der Waals surface area contributed by atoms with Gasteiger partial charge < -0.3 is 25.0 Å². The van der Waals surface area contributed by atoms with Gasteiger partial charge in [0, 0.05) is 51.4 Å². The van der Waals surface area contributed by atoms with Crippen molar-refractivity contribution in [3.8, 4) is 0 Å². The molecule has 1 aromatic heterocycles. The van der Waals surface area contributed by atoms with Crippen LogP contribution in [0.2, 0.25) is 0 Å². The largest absolute Gasteiger partial charge is 0.370 e. The van der Waals surface area contributed by atoms with Gasteiger partial charge in [-0.2, -0.15) is 0 Å². The maximum Gasteiger partial charge on any atom is 0.225 e. The van der Waals surface area contributed by atoms with Crippen molar-refractivity contribution in [3.63, 3.8) is 0 Å². The van der Waals surface area contributed by atoms with E-state index in [4.69, 9.17) is 15.2 Å². The van der Waals surface area contributed by atoms with Crippen molar-refractivity contribution in [3.05, 3.63) is 18.5 Å². The van der Waals surface area contributed by atoms with Crippen LogP contribution in [0.1, 0.15) is 25.7 Å². The van der Waals surface area contributed by atoms with Gasteiger partial charge in [0.2, 0.25) is 5.95 Å². The summed E-state index contributed by atoms with van der Waals surface area (Å²) < 4.78 is 12.0. The van der Waals surface area contributed by atoms with Crippen LogP contribution in [0.15, 0.2) is 23.5 Å². The second-order valence-electron chi connectivity index (χ2n) is 6.89. The smallest absolute Gasteiger partial charge is 0.225 e. The Hall–Kier alpha value is -1.93. The molecule has 2 N–H and O–H groups in total. The third-order valence-corrected chi connectivity index (χ3v) is 5.17. The molecular formula is C17H26N6O2. The van der Waals surface area contributed by atoms with Crippen LogP contribution in [0.4, 0.5) is 5.95 Å². The average molecular weight is 346 g/mol. The summed E-state index contributed by atoms with van der Waals surface area (Å²) in [7, 11) is 0. The van der Waals surface area contributed by atoms with Gasteiger partial charge in [0.25, 0.3) is 0 Å². The molecule has 0 aromatic carbocycles. The summed E-state index contributed by atoms with van der Waals surface area (Å²) >= 11 is 0. The van der Waals surface area contributed by atoms with Crippen LogP contribution >= 0.6 is 0 Å². The first-order valence-corrected chi connectivity index (χ1v) is 9.13. The van der Waals surface area contributed by atoms with Gasteiger partial charge in [0.05, 0.1) is 13.2 Å². The summed E-state index contributed by atoms with van der Waals surface area (Å²) in [4.78, 5) is 17.4.